The van der Waals surface area contributed by atoms with Gasteiger partial charge in [-0.2, -0.15) is 0 Å². The third kappa shape index (κ3) is 3.86. The maximum Gasteiger partial charge on any atom is 0.316 e. The monoisotopic (exact) mass is 293 g/mol. The molecule has 0 saturated carbocycles. The van der Waals surface area contributed by atoms with Crippen LogP contribution in [0.3, 0.4) is 0 Å². The van der Waals surface area contributed by atoms with E-state index in [0.29, 0.717) is 6.01 Å². The van der Waals surface area contributed by atoms with Crippen LogP contribution in [-0.2, 0) is 0 Å². The highest BCUT2D eigenvalue weighted by atomic mass is 127. The van der Waals surface area contributed by atoms with Gasteiger partial charge in [0.25, 0.3) is 0 Å². The molecule has 0 bridgehead atoms. The first kappa shape index (κ1) is 10.6. The second kappa shape index (κ2) is 5.33. The molecule has 0 aromatic carbocycles. The summed E-state index contributed by atoms with van der Waals surface area (Å²) < 4.78 is 6.43. The number of likely N-dealkylation sites (N-methyl/N-ethyl adjacent to an activating group) is 1. The lowest BCUT2D eigenvalue weighted by Crippen LogP contribution is -2.26. The summed E-state index contributed by atoms with van der Waals surface area (Å²) in [6.07, 6.45) is 3.55. The summed E-state index contributed by atoms with van der Waals surface area (Å²) in [7, 11) is 1.88. The van der Waals surface area contributed by atoms with Gasteiger partial charge in [-0.15, -0.1) is 0 Å². The quantitative estimate of drug-likeness (QED) is 0.844. The Kier molecular flexibility index (Phi) is 4.37. The minimum atomic E-state index is 0.0880. The van der Waals surface area contributed by atoms with Crippen LogP contribution in [0.1, 0.15) is 6.92 Å². The van der Waals surface area contributed by atoms with Gasteiger partial charge >= 0.3 is 6.01 Å². The number of aromatic nitrogens is 2. The first-order chi connectivity index (χ1) is 6.22. The van der Waals surface area contributed by atoms with E-state index in [9.17, 15) is 0 Å². The second-order valence-electron chi connectivity index (χ2n) is 2.67. The zero-order valence-corrected chi connectivity index (χ0v) is 9.78. The Morgan fingerprint density at radius 2 is 2.15 bits per heavy atom. The number of hydrogen-bond acceptors (Lipinski definition) is 4. The smallest absolute Gasteiger partial charge is 0.316 e. The highest BCUT2D eigenvalue weighted by Crippen LogP contribution is 2.06. The van der Waals surface area contributed by atoms with Crippen LogP contribution in [0, 0.1) is 3.57 Å². The molecule has 1 aromatic rings. The second-order valence-corrected chi connectivity index (χ2v) is 3.92. The molecule has 0 spiro atoms. The maximum absolute atomic E-state index is 5.42. The first-order valence-electron chi connectivity index (χ1n) is 4.01. The zero-order chi connectivity index (χ0) is 9.68. The van der Waals surface area contributed by atoms with Gasteiger partial charge in [0.2, 0.25) is 0 Å². The molecule has 0 amide bonds. The van der Waals surface area contributed by atoms with Crippen LogP contribution < -0.4 is 10.1 Å². The number of rotatable bonds is 4. The highest BCUT2D eigenvalue weighted by molar-refractivity contribution is 14.1. The molecule has 13 heavy (non-hydrogen) atoms. The van der Waals surface area contributed by atoms with Crippen LogP contribution >= 0.6 is 22.6 Å². The summed E-state index contributed by atoms with van der Waals surface area (Å²) >= 11 is 2.15. The molecule has 1 atom stereocenters. The van der Waals surface area contributed by atoms with Crippen LogP contribution in [0.25, 0.3) is 0 Å². The van der Waals surface area contributed by atoms with E-state index in [1.165, 1.54) is 0 Å². The summed E-state index contributed by atoms with van der Waals surface area (Å²) in [5.74, 6) is 0. The molecule has 72 valence electrons. The van der Waals surface area contributed by atoms with Crippen molar-refractivity contribution in [2.24, 2.45) is 0 Å². The topological polar surface area (TPSA) is 47.0 Å². The minimum Gasteiger partial charge on any atom is -0.459 e. The number of nitrogens with one attached hydrogen (secondary N) is 1. The third-order valence-corrected chi connectivity index (χ3v) is 1.95. The van der Waals surface area contributed by atoms with E-state index in [1.807, 2.05) is 14.0 Å². The Morgan fingerprint density at radius 3 is 2.69 bits per heavy atom. The van der Waals surface area contributed by atoms with E-state index in [0.717, 1.165) is 10.1 Å². The van der Waals surface area contributed by atoms with Crippen LogP contribution in [0.2, 0.25) is 0 Å². The zero-order valence-electron chi connectivity index (χ0n) is 7.62. The van der Waals surface area contributed by atoms with Gasteiger partial charge in [-0.1, -0.05) is 0 Å². The molecule has 0 radical (unpaired) electrons. The van der Waals surface area contributed by atoms with Gasteiger partial charge in [0.05, 0.1) is 0 Å². The van der Waals surface area contributed by atoms with E-state index < -0.39 is 0 Å². The lowest BCUT2D eigenvalue weighted by molar-refractivity contribution is 0.202. The van der Waals surface area contributed by atoms with Crippen molar-refractivity contribution in [1.29, 1.82) is 0 Å². The summed E-state index contributed by atoms with van der Waals surface area (Å²) in [5, 5.41) is 3.02. The maximum atomic E-state index is 5.42. The van der Waals surface area contributed by atoms with Gasteiger partial charge in [-0.3, -0.25) is 0 Å². The summed E-state index contributed by atoms with van der Waals surface area (Å²) in [5.41, 5.74) is 0. The molecule has 0 aliphatic carbocycles. The van der Waals surface area contributed by atoms with Gasteiger partial charge in [-0.05, 0) is 36.6 Å². The average molecular weight is 293 g/mol. The standard InChI is InChI=1S/C8H12IN3O/c1-6(3-10-2)13-8-11-4-7(9)5-12-8/h4-6,10H,3H2,1-2H3. The molecule has 0 aliphatic rings. The lowest BCUT2D eigenvalue weighted by atomic mass is 10.4. The Morgan fingerprint density at radius 1 is 1.54 bits per heavy atom. The largest absolute Gasteiger partial charge is 0.459 e. The Hall–Kier alpha value is -0.430. The summed E-state index contributed by atoms with van der Waals surface area (Å²) in [4.78, 5) is 8.06. The van der Waals surface area contributed by atoms with Crippen LogP contribution in [0.5, 0.6) is 6.01 Å². The Labute approximate surface area is 91.3 Å². The lowest BCUT2D eigenvalue weighted by Gasteiger charge is -2.11. The normalized spacial score (nSPS) is 12.5. The van der Waals surface area contributed by atoms with Crippen molar-refractivity contribution in [1.82, 2.24) is 15.3 Å². The van der Waals surface area contributed by atoms with E-state index >= 15 is 0 Å². The van der Waals surface area contributed by atoms with Crippen molar-refractivity contribution in [2.45, 2.75) is 13.0 Å². The van der Waals surface area contributed by atoms with Gasteiger partial charge in [0.15, 0.2) is 0 Å². The van der Waals surface area contributed by atoms with Crippen molar-refractivity contribution in [3.8, 4) is 6.01 Å². The molecule has 1 unspecified atom stereocenters. The van der Waals surface area contributed by atoms with Crippen molar-refractivity contribution in [3.63, 3.8) is 0 Å². The van der Waals surface area contributed by atoms with Gasteiger partial charge in [0.1, 0.15) is 6.10 Å². The fourth-order valence-corrected chi connectivity index (χ4v) is 1.15. The summed E-state index contributed by atoms with van der Waals surface area (Å²) in [6, 6.07) is 0.433. The fraction of sp³-hybridized carbons (Fsp3) is 0.500. The van der Waals surface area contributed by atoms with Crippen LogP contribution in [-0.4, -0.2) is 29.7 Å². The summed E-state index contributed by atoms with van der Waals surface area (Å²) in [6.45, 7) is 2.76. The fourth-order valence-electron chi connectivity index (χ4n) is 0.870. The van der Waals surface area contributed by atoms with Crippen LogP contribution in [0.15, 0.2) is 12.4 Å². The van der Waals surface area contributed by atoms with Gasteiger partial charge in [-0.25, -0.2) is 9.97 Å². The van der Waals surface area contributed by atoms with E-state index in [4.69, 9.17) is 4.74 Å². The number of ether oxygens (including phenoxy) is 1. The van der Waals surface area contributed by atoms with E-state index in [-0.39, 0.29) is 6.10 Å². The highest BCUT2D eigenvalue weighted by Gasteiger charge is 2.03. The SMILES string of the molecule is CNCC(C)Oc1ncc(I)cn1. The predicted octanol–water partition coefficient (Wildman–Crippen LogP) is 1.07. The molecule has 1 rings (SSSR count). The van der Waals surface area contributed by atoms with E-state index in [2.05, 4.69) is 37.9 Å². The van der Waals surface area contributed by atoms with Crippen molar-refractivity contribution < 1.29 is 4.74 Å². The average Bonchev–Trinajstić information content (AvgIpc) is 2.09. The number of hydrogen-bond donors (Lipinski definition) is 1. The van der Waals surface area contributed by atoms with Gasteiger partial charge in [0, 0.05) is 22.5 Å². The van der Waals surface area contributed by atoms with Gasteiger partial charge < -0.3 is 10.1 Å². The van der Waals surface area contributed by atoms with Crippen molar-refractivity contribution in [2.75, 3.05) is 13.6 Å². The third-order valence-electron chi connectivity index (χ3n) is 1.39. The minimum absolute atomic E-state index is 0.0880. The van der Waals surface area contributed by atoms with Crippen molar-refractivity contribution in [3.05, 3.63) is 16.0 Å². The number of halogens is 1. The molecule has 1 heterocycles. The molecule has 1 N–H and O–H groups in total. The molecule has 5 heteroatoms. The van der Waals surface area contributed by atoms with Crippen LogP contribution in [0.4, 0.5) is 0 Å². The number of nitrogens with zero attached hydrogens (tertiary/aromatic N) is 2. The molecule has 1 aromatic heterocycles. The molecule has 0 fully saturated rings. The Balaban J connectivity index is 2.49. The Bertz CT molecular complexity index is 252. The molecule has 0 aliphatic heterocycles. The van der Waals surface area contributed by atoms with E-state index in [1.54, 1.807) is 12.4 Å². The van der Waals surface area contributed by atoms with Crippen molar-refractivity contribution >= 4 is 22.6 Å². The molecular weight excluding hydrogens is 281 g/mol. The first-order valence-corrected chi connectivity index (χ1v) is 5.09. The molecule has 4 nitrogen and oxygen atoms in total. The predicted molar refractivity (Wildman–Crippen MR) is 58.8 cm³/mol. The molecular formula is C8H12IN3O. The molecule has 0 saturated heterocycles.